The Kier molecular flexibility index (Phi) is 2.19. The SMILES string of the molecule is NC1(C(c2cccc(O)c2)N2CCC2)CC1. The molecule has 1 aliphatic heterocycles. The van der Waals surface area contributed by atoms with Crippen LogP contribution in [0.1, 0.15) is 30.9 Å². The Morgan fingerprint density at radius 3 is 2.56 bits per heavy atom. The summed E-state index contributed by atoms with van der Waals surface area (Å²) in [6.07, 6.45) is 3.47. The topological polar surface area (TPSA) is 49.5 Å². The van der Waals surface area contributed by atoms with E-state index in [0.29, 0.717) is 11.8 Å². The van der Waals surface area contributed by atoms with E-state index in [0.717, 1.165) is 25.9 Å². The molecule has 86 valence electrons. The van der Waals surface area contributed by atoms with Crippen molar-refractivity contribution in [2.45, 2.75) is 30.8 Å². The maximum atomic E-state index is 9.56. The van der Waals surface area contributed by atoms with Crippen molar-refractivity contribution < 1.29 is 5.11 Å². The molecule has 0 bridgehead atoms. The first-order valence-corrected chi connectivity index (χ1v) is 6.01. The first-order valence-electron chi connectivity index (χ1n) is 6.01. The highest BCUT2D eigenvalue weighted by atomic mass is 16.3. The van der Waals surface area contributed by atoms with E-state index in [1.165, 1.54) is 12.0 Å². The van der Waals surface area contributed by atoms with Gasteiger partial charge in [0.1, 0.15) is 5.75 Å². The molecule has 3 nitrogen and oxygen atoms in total. The van der Waals surface area contributed by atoms with E-state index in [-0.39, 0.29) is 5.54 Å². The van der Waals surface area contributed by atoms with Crippen LogP contribution in [0.25, 0.3) is 0 Å². The molecule has 0 spiro atoms. The fourth-order valence-corrected chi connectivity index (χ4v) is 2.62. The summed E-state index contributed by atoms with van der Waals surface area (Å²) in [6.45, 7) is 2.28. The zero-order chi connectivity index (χ0) is 11.2. The van der Waals surface area contributed by atoms with Crippen molar-refractivity contribution in [2.75, 3.05) is 13.1 Å². The van der Waals surface area contributed by atoms with Gasteiger partial charge in [-0.2, -0.15) is 0 Å². The third-order valence-corrected chi connectivity index (χ3v) is 3.81. The van der Waals surface area contributed by atoms with E-state index in [9.17, 15) is 5.11 Å². The molecular formula is C13H18N2O. The van der Waals surface area contributed by atoms with Gasteiger partial charge in [-0.3, -0.25) is 4.90 Å². The quantitative estimate of drug-likeness (QED) is 0.810. The maximum Gasteiger partial charge on any atom is 0.115 e. The van der Waals surface area contributed by atoms with Gasteiger partial charge >= 0.3 is 0 Å². The molecule has 3 rings (SSSR count). The summed E-state index contributed by atoms with van der Waals surface area (Å²) in [7, 11) is 0. The Labute approximate surface area is 95.9 Å². The van der Waals surface area contributed by atoms with Gasteiger partial charge in [-0.05, 0) is 37.0 Å². The summed E-state index contributed by atoms with van der Waals surface area (Å²) in [5, 5.41) is 9.56. The molecule has 1 heterocycles. The minimum atomic E-state index is -0.0474. The first-order chi connectivity index (χ1) is 7.69. The van der Waals surface area contributed by atoms with Crippen LogP contribution in [-0.2, 0) is 0 Å². The third-order valence-electron chi connectivity index (χ3n) is 3.81. The van der Waals surface area contributed by atoms with Crippen molar-refractivity contribution in [3.8, 4) is 5.75 Å². The van der Waals surface area contributed by atoms with Gasteiger partial charge in [0.25, 0.3) is 0 Å². The van der Waals surface area contributed by atoms with E-state index in [1.54, 1.807) is 6.07 Å². The van der Waals surface area contributed by atoms with Gasteiger partial charge in [-0.1, -0.05) is 12.1 Å². The first kappa shape index (κ1) is 10.1. The van der Waals surface area contributed by atoms with Crippen LogP contribution in [0.2, 0.25) is 0 Å². The Morgan fingerprint density at radius 2 is 2.06 bits per heavy atom. The van der Waals surface area contributed by atoms with Gasteiger partial charge in [0, 0.05) is 18.6 Å². The number of phenolic OH excluding ortho intramolecular Hbond substituents is 1. The van der Waals surface area contributed by atoms with E-state index < -0.39 is 0 Å². The maximum absolute atomic E-state index is 9.56. The van der Waals surface area contributed by atoms with E-state index in [4.69, 9.17) is 5.73 Å². The molecule has 16 heavy (non-hydrogen) atoms. The predicted molar refractivity (Wildman–Crippen MR) is 63.2 cm³/mol. The fraction of sp³-hybridized carbons (Fsp3) is 0.538. The molecule has 0 aromatic heterocycles. The van der Waals surface area contributed by atoms with Gasteiger partial charge in [0.2, 0.25) is 0 Å². The molecule has 3 heteroatoms. The highest BCUT2D eigenvalue weighted by Gasteiger charge is 2.49. The normalized spacial score (nSPS) is 24.8. The van der Waals surface area contributed by atoms with Crippen molar-refractivity contribution in [2.24, 2.45) is 5.73 Å². The van der Waals surface area contributed by atoms with Crippen LogP contribution in [0.15, 0.2) is 24.3 Å². The van der Waals surface area contributed by atoms with E-state index >= 15 is 0 Å². The molecule has 0 radical (unpaired) electrons. The average molecular weight is 218 g/mol. The molecule has 3 N–H and O–H groups in total. The number of hydrogen-bond donors (Lipinski definition) is 2. The summed E-state index contributed by atoms with van der Waals surface area (Å²) in [4.78, 5) is 2.43. The lowest BCUT2D eigenvalue weighted by molar-refractivity contribution is 0.0930. The number of hydrogen-bond acceptors (Lipinski definition) is 3. The van der Waals surface area contributed by atoms with Crippen molar-refractivity contribution >= 4 is 0 Å². The van der Waals surface area contributed by atoms with Crippen LogP contribution in [0.5, 0.6) is 5.75 Å². The number of likely N-dealkylation sites (tertiary alicyclic amines) is 1. The van der Waals surface area contributed by atoms with Crippen LogP contribution in [0, 0.1) is 0 Å². The van der Waals surface area contributed by atoms with Gasteiger partial charge < -0.3 is 10.8 Å². The second-order valence-electron chi connectivity index (χ2n) is 5.12. The zero-order valence-electron chi connectivity index (χ0n) is 9.39. The Bertz CT molecular complexity index is 397. The van der Waals surface area contributed by atoms with E-state index in [2.05, 4.69) is 11.0 Å². The van der Waals surface area contributed by atoms with Crippen LogP contribution in [0.3, 0.4) is 0 Å². The van der Waals surface area contributed by atoms with Crippen molar-refractivity contribution in [1.82, 2.24) is 4.90 Å². The van der Waals surface area contributed by atoms with Crippen LogP contribution in [0.4, 0.5) is 0 Å². The molecule has 1 atom stereocenters. The monoisotopic (exact) mass is 218 g/mol. The highest BCUT2D eigenvalue weighted by molar-refractivity contribution is 5.33. The molecule has 2 fully saturated rings. The van der Waals surface area contributed by atoms with Gasteiger partial charge in [-0.25, -0.2) is 0 Å². The molecule has 1 saturated carbocycles. The molecular weight excluding hydrogens is 200 g/mol. The minimum absolute atomic E-state index is 0.0474. The third kappa shape index (κ3) is 1.60. The molecule has 1 saturated heterocycles. The number of phenols is 1. The summed E-state index contributed by atoms with van der Waals surface area (Å²) < 4.78 is 0. The summed E-state index contributed by atoms with van der Waals surface area (Å²) >= 11 is 0. The smallest absolute Gasteiger partial charge is 0.115 e. The van der Waals surface area contributed by atoms with Gasteiger partial charge in [0.05, 0.1) is 6.04 Å². The molecule has 1 aliphatic carbocycles. The Balaban J connectivity index is 1.92. The highest BCUT2D eigenvalue weighted by Crippen LogP contribution is 2.48. The molecule has 0 amide bonds. The lowest BCUT2D eigenvalue weighted by atomic mass is 9.93. The van der Waals surface area contributed by atoms with Crippen LogP contribution in [-0.4, -0.2) is 28.6 Å². The molecule has 1 aromatic rings. The second kappa shape index (κ2) is 3.47. The van der Waals surface area contributed by atoms with Crippen molar-refractivity contribution in [3.63, 3.8) is 0 Å². The van der Waals surface area contributed by atoms with Gasteiger partial charge in [-0.15, -0.1) is 0 Å². The number of aromatic hydroxyl groups is 1. The Morgan fingerprint density at radius 1 is 1.31 bits per heavy atom. The van der Waals surface area contributed by atoms with Crippen molar-refractivity contribution in [1.29, 1.82) is 0 Å². The summed E-state index contributed by atoms with van der Waals surface area (Å²) in [5.41, 5.74) is 7.48. The fourth-order valence-electron chi connectivity index (χ4n) is 2.62. The largest absolute Gasteiger partial charge is 0.508 e. The molecule has 1 unspecified atom stereocenters. The summed E-state index contributed by atoms with van der Waals surface area (Å²) in [5.74, 6) is 0.340. The number of nitrogens with two attached hydrogens (primary N) is 1. The average Bonchev–Trinajstić information content (AvgIpc) is 2.90. The number of nitrogens with zero attached hydrogens (tertiary/aromatic N) is 1. The minimum Gasteiger partial charge on any atom is -0.508 e. The van der Waals surface area contributed by atoms with Gasteiger partial charge in [0.15, 0.2) is 0 Å². The molecule has 1 aromatic carbocycles. The van der Waals surface area contributed by atoms with E-state index in [1.807, 2.05) is 12.1 Å². The van der Waals surface area contributed by atoms with Crippen LogP contribution < -0.4 is 5.73 Å². The number of benzene rings is 1. The lowest BCUT2D eigenvalue weighted by Crippen LogP contribution is -2.49. The predicted octanol–water partition coefficient (Wildman–Crippen LogP) is 1.63. The summed E-state index contributed by atoms with van der Waals surface area (Å²) in [6, 6.07) is 7.86. The molecule has 2 aliphatic rings. The zero-order valence-corrected chi connectivity index (χ0v) is 9.39. The van der Waals surface area contributed by atoms with Crippen molar-refractivity contribution in [3.05, 3.63) is 29.8 Å². The number of rotatable bonds is 3. The standard InChI is InChI=1S/C13H18N2O/c14-13(5-6-13)12(15-7-2-8-15)10-3-1-4-11(16)9-10/h1,3-4,9,12,16H,2,5-8,14H2. The Hall–Kier alpha value is -1.06. The lowest BCUT2D eigenvalue weighted by Gasteiger charge is -2.42. The van der Waals surface area contributed by atoms with Crippen LogP contribution >= 0.6 is 0 Å². The second-order valence-corrected chi connectivity index (χ2v) is 5.12.